The molecule has 1 aromatic carbocycles. The van der Waals surface area contributed by atoms with Crippen LogP contribution in [0.4, 0.5) is 10.3 Å². The van der Waals surface area contributed by atoms with Crippen molar-refractivity contribution in [2.24, 2.45) is 0 Å². The smallest absolute Gasteiger partial charge is 0.222 e. The minimum Gasteiger partial charge on any atom is -0.368 e. The molecule has 3 nitrogen and oxygen atoms in total. The van der Waals surface area contributed by atoms with E-state index in [1.165, 1.54) is 6.92 Å². The number of nitrogen functional groups attached to an aromatic ring is 1. The molecule has 0 saturated carbocycles. The molecule has 1 unspecified atom stereocenters. The zero-order valence-electron chi connectivity index (χ0n) is 8.58. The fraction of sp³-hybridized carbons (Fsp3) is 0.182. The molecule has 0 aliphatic carbocycles. The Labute approximate surface area is 97.0 Å². The van der Waals surface area contributed by atoms with Gasteiger partial charge in [0, 0.05) is 11.6 Å². The first-order valence-corrected chi connectivity index (χ1v) is 5.12. The molecular formula is C11H10ClFN2O. The number of hydrogen-bond donors (Lipinski definition) is 1. The van der Waals surface area contributed by atoms with E-state index in [9.17, 15) is 4.39 Å². The van der Waals surface area contributed by atoms with Gasteiger partial charge in [-0.05, 0) is 18.6 Å². The molecule has 84 valence electrons. The Balaban J connectivity index is 2.44. The maximum Gasteiger partial charge on any atom is 0.222 e. The third kappa shape index (κ3) is 2.02. The Hall–Kier alpha value is -1.55. The van der Waals surface area contributed by atoms with E-state index in [1.54, 1.807) is 24.3 Å². The molecule has 0 amide bonds. The van der Waals surface area contributed by atoms with Gasteiger partial charge in [0.15, 0.2) is 0 Å². The van der Waals surface area contributed by atoms with Crippen LogP contribution in [0, 0.1) is 0 Å². The topological polar surface area (TPSA) is 52.0 Å². The third-order valence-electron chi connectivity index (χ3n) is 2.26. The molecule has 1 atom stereocenters. The van der Waals surface area contributed by atoms with Crippen LogP contribution in [0.5, 0.6) is 0 Å². The van der Waals surface area contributed by atoms with Crippen LogP contribution in [0.1, 0.15) is 18.7 Å². The van der Waals surface area contributed by atoms with Gasteiger partial charge in [-0.3, -0.25) is 0 Å². The molecule has 2 aromatic rings. The second kappa shape index (κ2) is 4.14. The van der Waals surface area contributed by atoms with Gasteiger partial charge in [0.05, 0.1) is 5.02 Å². The van der Waals surface area contributed by atoms with Crippen LogP contribution in [0.25, 0.3) is 11.3 Å². The molecule has 0 bridgehead atoms. The first kappa shape index (κ1) is 11.0. The van der Waals surface area contributed by atoms with Gasteiger partial charge in [-0.2, -0.15) is 0 Å². The summed E-state index contributed by atoms with van der Waals surface area (Å²) in [5.74, 6) is 0.217. The number of alkyl halides is 1. The fourth-order valence-electron chi connectivity index (χ4n) is 1.40. The maximum absolute atomic E-state index is 13.0. The number of aromatic nitrogens is 1. The van der Waals surface area contributed by atoms with Gasteiger partial charge in [-0.1, -0.05) is 28.9 Å². The van der Waals surface area contributed by atoms with E-state index in [-0.39, 0.29) is 5.88 Å². The van der Waals surface area contributed by atoms with Gasteiger partial charge in [0.2, 0.25) is 5.88 Å². The quantitative estimate of drug-likeness (QED) is 0.872. The zero-order chi connectivity index (χ0) is 11.7. The molecule has 1 heterocycles. The first-order valence-electron chi connectivity index (χ1n) is 4.74. The molecule has 1 aromatic heterocycles. The van der Waals surface area contributed by atoms with Gasteiger partial charge in [-0.25, -0.2) is 4.39 Å². The Morgan fingerprint density at radius 2 is 2.19 bits per heavy atom. The van der Waals surface area contributed by atoms with Crippen molar-refractivity contribution in [1.29, 1.82) is 0 Å². The number of nitrogens with zero attached hydrogens (tertiary/aromatic N) is 1. The molecule has 0 spiro atoms. The van der Waals surface area contributed by atoms with Gasteiger partial charge in [0.1, 0.15) is 11.9 Å². The van der Waals surface area contributed by atoms with Crippen molar-refractivity contribution in [2.45, 2.75) is 13.1 Å². The molecule has 0 radical (unpaired) electrons. The summed E-state index contributed by atoms with van der Waals surface area (Å²) in [5.41, 5.74) is 7.16. The molecule has 0 saturated heterocycles. The Kier molecular flexibility index (Phi) is 2.83. The molecular weight excluding hydrogens is 231 g/mol. The highest BCUT2D eigenvalue weighted by atomic mass is 35.5. The number of rotatable bonds is 2. The van der Waals surface area contributed by atoms with Crippen molar-refractivity contribution in [1.82, 2.24) is 5.16 Å². The summed E-state index contributed by atoms with van der Waals surface area (Å²) in [7, 11) is 0. The SMILES string of the molecule is CC(F)c1ccc(-c2cc(N)on2)c(Cl)c1. The number of anilines is 1. The van der Waals surface area contributed by atoms with Crippen LogP contribution in [0.3, 0.4) is 0 Å². The van der Waals surface area contributed by atoms with E-state index < -0.39 is 6.17 Å². The summed E-state index contributed by atoms with van der Waals surface area (Å²) in [6.45, 7) is 1.46. The lowest BCUT2D eigenvalue weighted by Crippen LogP contribution is -1.87. The Bertz CT molecular complexity index is 510. The average molecular weight is 241 g/mol. The van der Waals surface area contributed by atoms with Crippen molar-refractivity contribution in [2.75, 3.05) is 5.73 Å². The summed E-state index contributed by atoms with van der Waals surface area (Å²) < 4.78 is 17.8. The van der Waals surface area contributed by atoms with E-state index >= 15 is 0 Å². The lowest BCUT2D eigenvalue weighted by molar-refractivity contribution is 0.374. The third-order valence-corrected chi connectivity index (χ3v) is 2.57. The average Bonchev–Trinajstić information content (AvgIpc) is 2.64. The Morgan fingerprint density at radius 3 is 2.69 bits per heavy atom. The van der Waals surface area contributed by atoms with E-state index in [1.807, 2.05) is 0 Å². The van der Waals surface area contributed by atoms with E-state index in [4.69, 9.17) is 21.9 Å². The van der Waals surface area contributed by atoms with Crippen LogP contribution in [0.15, 0.2) is 28.8 Å². The van der Waals surface area contributed by atoms with E-state index in [0.717, 1.165) is 0 Å². The zero-order valence-corrected chi connectivity index (χ0v) is 9.33. The lowest BCUT2D eigenvalue weighted by atomic mass is 10.1. The van der Waals surface area contributed by atoms with Crippen LogP contribution < -0.4 is 5.73 Å². The van der Waals surface area contributed by atoms with Crippen molar-refractivity contribution in [3.05, 3.63) is 34.9 Å². The fourth-order valence-corrected chi connectivity index (χ4v) is 1.69. The number of nitrogens with two attached hydrogens (primary N) is 1. The molecule has 0 fully saturated rings. The molecule has 5 heteroatoms. The molecule has 0 aliphatic heterocycles. The minimum atomic E-state index is -1.05. The predicted octanol–water partition coefficient (Wildman–Crippen LogP) is 3.61. The van der Waals surface area contributed by atoms with Gasteiger partial charge in [0.25, 0.3) is 0 Å². The standard InChI is InChI=1S/C11H10ClFN2O/c1-6(13)7-2-3-8(9(12)4-7)10-5-11(14)16-15-10/h2-6H,14H2,1H3. The predicted molar refractivity (Wildman–Crippen MR) is 60.9 cm³/mol. The molecule has 0 aliphatic rings. The second-order valence-corrected chi connectivity index (χ2v) is 3.88. The van der Waals surface area contributed by atoms with Crippen molar-refractivity contribution in [3.8, 4) is 11.3 Å². The van der Waals surface area contributed by atoms with Crippen molar-refractivity contribution < 1.29 is 8.91 Å². The number of benzene rings is 1. The van der Waals surface area contributed by atoms with Crippen LogP contribution in [0.2, 0.25) is 5.02 Å². The van der Waals surface area contributed by atoms with Crippen LogP contribution in [-0.2, 0) is 0 Å². The normalized spacial score (nSPS) is 12.7. The number of hydrogen-bond acceptors (Lipinski definition) is 3. The summed E-state index contributed by atoms with van der Waals surface area (Å²) in [6.07, 6.45) is -1.05. The van der Waals surface area contributed by atoms with Crippen LogP contribution >= 0.6 is 11.6 Å². The first-order chi connectivity index (χ1) is 7.58. The molecule has 2 N–H and O–H groups in total. The maximum atomic E-state index is 13.0. The highest BCUT2D eigenvalue weighted by Gasteiger charge is 2.11. The highest BCUT2D eigenvalue weighted by Crippen LogP contribution is 2.31. The van der Waals surface area contributed by atoms with Crippen LogP contribution in [-0.4, -0.2) is 5.16 Å². The van der Waals surface area contributed by atoms with E-state index in [2.05, 4.69) is 5.16 Å². The van der Waals surface area contributed by atoms with E-state index in [0.29, 0.717) is 21.8 Å². The lowest BCUT2D eigenvalue weighted by Gasteiger charge is -2.05. The largest absolute Gasteiger partial charge is 0.368 e. The Morgan fingerprint density at radius 1 is 1.44 bits per heavy atom. The second-order valence-electron chi connectivity index (χ2n) is 3.47. The van der Waals surface area contributed by atoms with Crippen molar-refractivity contribution in [3.63, 3.8) is 0 Å². The summed E-state index contributed by atoms with van der Waals surface area (Å²) in [6, 6.07) is 6.51. The molecule has 16 heavy (non-hydrogen) atoms. The summed E-state index contributed by atoms with van der Waals surface area (Å²) >= 11 is 6.03. The molecule has 2 rings (SSSR count). The summed E-state index contributed by atoms with van der Waals surface area (Å²) in [5, 5.41) is 4.17. The highest BCUT2D eigenvalue weighted by molar-refractivity contribution is 6.33. The van der Waals surface area contributed by atoms with Gasteiger partial charge >= 0.3 is 0 Å². The monoisotopic (exact) mass is 240 g/mol. The minimum absolute atomic E-state index is 0.217. The van der Waals surface area contributed by atoms with Crippen molar-refractivity contribution >= 4 is 17.5 Å². The van der Waals surface area contributed by atoms with Gasteiger partial charge in [-0.15, -0.1) is 0 Å². The van der Waals surface area contributed by atoms with Gasteiger partial charge < -0.3 is 10.3 Å². The number of halogens is 2. The summed E-state index contributed by atoms with van der Waals surface area (Å²) in [4.78, 5) is 0.